The fraction of sp³-hybridized carbons (Fsp3) is 0.375. The molecule has 5 heteroatoms. The first-order chi connectivity index (χ1) is 10.2. The lowest BCUT2D eigenvalue weighted by Gasteiger charge is -2.35. The van der Waals surface area contributed by atoms with Gasteiger partial charge in [0.2, 0.25) is 0 Å². The van der Waals surface area contributed by atoms with Crippen LogP contribution in [0.1, 0.15) is 46.2 Å². The summed E-state index contributed by atoms with van der Waals surface area (Å²) in [6, 6.07) is 5.63. The SMILES string of the molecule is Cc1ccc(N)cc1C(=O)N1CCCCC1c1nccs1. The molecule has 0 radical (unpaired) electrons. The fourth-order valence-electron chi connectivity index (χ4n) is 2.86. The van der Waals surface area contributed by atoms with Crippen LogP contribution in [0.3, 0.4) is 0 Å². The van der Waals surface area contributed by atoms with Gasteiger partial charge in [0.1, 0.15) is 5.01 Å². The van der Waals surface area contributed by atoms with Gasteiger partial charge >= 0.3 is 0 Å². The number of aryl methyl sites for hydroxylation is 1. The molecule has 0 saturated carbocycles. The van der Waals surface area contributed by atoms with Crippen molar-refractivity contribution in [3.05, 3.63) is 45.9 Å². The number of piperidine rings is 1. The third-order valence-corrected chi connectivity index (χ3v) is 4.87. The normalized spacial score (nSPS) is 18.7. The van der Waals surface area contributed by atoms with Crippen molar-refractivity contribution in [2.75, 3.05) is 12.3 Å². The van der Waals surface area contributed by atoms with Gasteiger partial charge in [0.15, 0.2) is 0 Å². The van der Waals surface area contributed by atoms with E-state index in [1.165, 1.54) is 0 Å². The molecule has 0 bridgehead atoms. The number of hydrogen-bond acceptors (Lipinski definition) is 4. The van der Waals surface area contributed by atoms with E-state index in [1.807, 2.05) is 35.5 Å². The highest BCUT2D eigenvalue weighted by Gasteiger charge is 2.30. The summed E-state index contributed by atoms with van der Waals surface area (Å²) in [4.78, 5) is 19.3. The van der Waals surface area contributed by atoms with Gasteiger partial charge in [0, 0.05) is 29.4 Å². The van der Waals surface area contributed by atoms with Crippen molar-refractivity contribution in [3.63, 3.8) is 0 Å². The van der Waals surface area contributed by atoms with Crippen LogP contribution in [-0.4, -0.2) is 22.3 Å². The summed E-state index contributed by atoms with van der Waals surface area (Å²) in [7, 11) is 0. The Balaban J connectivity index is 1.93. The average Bonchev–Trinajstić information content (AvgIpc) is 3.03. The number of nitrogen functional groups attached to an aromatic ring is 1. The van der Waals surface area contributed by atoms with Crippen LogP contribution in [0.4, 0.5) is 5.69 Å². The molecule has 1 aromatic heterocycles. The Morgan fingerprint density at radius 1 is 1.43 bits per heavy atom. The van der Waals surface area contributed by atoms with Crippen molar-refractivity contribution in [1.29, 1.82) is 0 Å². The minimum atomic E-state index is 0.0692. The number of carbonyl (C=O) groups is 1. The van der Waals surface area contributed by atoms with Crippen molar-refractivity contribution in [1.82, 2.24) is 9.88 Å². The molecular formula is C16H19N3OS. The topological polar surface area (TPSA) is 59.2 Å². The number of benzene rings is 1. The molecule has 1 aliphatic heterocycles. The van der Waals surface area contributed by atoms with Crippen molar-refractivity contribution >= 4 is 22.9 Å². The Labute approximate surface area is 128 Å². The Kier molecular flexibility index (Phi) is 3.92. The highest BCUT2D eigenvalue weighted by molar-refractivity contribution is 7.09. The molecule has 1 fully saturated rings. The summed E-state index contributed by atoms with van der Waals surface area (Å²) < 4.78 is 0. The van der Waals surface area contributed by atoms with E-state index in [1.54, 1.807) is 17.4 Å². The molecule has 2 N–H and O–H groups in total. The summed E-state index contributed by atoms with van der Waals surface area (Å²) in [6.45, 7) is 2.74. The van der Waals surface area contributed by atoms with Crippen LogP contribution in [0, 0.1) is 6.92 Å². The number of likely N-dealkylation sites (tertiary alicyclic amines) is 1. The zero-order chi connectivity index (χ0) is 14.8. The van der Waals surface area contributed by atoms with Gasteiger partial charge < -0.3 is 10.6 Å². The van der Waals surface area contributed by atoms with E-state index in [0.717, 1.165) is 36.4 Å². The van der Waals surface area contributed by atoms with Gasteiger partial charge in [0.25, 0.3) is 5.91 Å². The van der Waals surface area contributed by atoms with E-state index >= 15 is 0 Å². The highest BCUT2D eigenvalue weighted by atomic mass is 32.1. The molecule has 1 aliphatic rings. The molecule has 3 rings (SSSR count). The van der Waals surface area contributed by atoms with Gasteiger partial charge in [-0.05, 0) is 43.9 Å². The third kappa shape index (κ3) is 2.78. The van der Waals surface area contributed by atoms with Crippen molar-refractivity contribution in [2.24, 2.45) is 0 Å². The maximum Gasteiger partial charge on any atom is 0.254 e. The molecule has 4 nitrogen and oxygen atoms in total. The van der Waals surface area contributed by atoms with Crippen LogP contribution >= 0.6 is 11.3 Å². The first-order valence-corrected chi connectivity index (χ1v) is 8.11. The third-order valence-electron chi connectivity index (χ3n) is 3.99. The number of aromatic nitrogens is 1. The number of carbonyl (C=O) groups excluding carboxylic acids is 1. The number of rotatable bonds is 2. The summed E-state index contributed by atoms with van der Waals surface area (Å²) in [5.74, 6) is 0.0692. The van der Waals surface area contributed by atoms with Crippen molar-refractivity contribution in [3.8, 4) is 0 Å². The maximum atomic E-state index is 12.9. The zero-order valence-electron chi connectivity index (χ0n) is 12.1. The summed E-state index contributed by atoms with van der Waals surface area (Å²) in [5.41, 5.74) is 8.15. The lowest BCUT2D eigenvalue weighted by molar-refractivity contribution is 0.0610. The molecular weight excluding hydrogens is 282 g/mol. The molecule has 0 aliphatic carbocycles. The Hall–Kier alpha value is -1.88. The summed E-state index contributed by atoms with van der Waals surface area (Å²) >= 11 is 1.62. The molecule has 1 atom stereocenters. The zero-order valence-corrected chi connectivity index (χ0v) is 12.9. The molecule has 1 unspecified atom stereocenters. The largest absolute Gasteiger partial charge is 0.399 e. The van der Waals surface area contributed by atoms with Crippen LogP contribution in [0.25, 0.3) is 0 Å². The molecule has 2 aromatic rings. The van der Waals surface area contributed by atoms with Crippen LogP contribution in [0.5, 0.6) is 0 Å². The van der Waals surface area contributed by atoms with E-state index < -0.39 is 0 Å². The van der Waals surface area contributed by atoms with Crippen LogP contribution < -0.4 is 5.73 Å². The van der Waals surface area contributed by atoms with E-state index in [2.05, 4.69) is 4.98 Å². The second-order valence-corrected chi connectivity index (χ2v) is 6.38. The predicted molar refractivity (Wildman–Crippen MR) is 85.3 cm³/mol. The van der Waals surface area contributed by atoms with E-state index in [-0.39, 0.29) is 11.9 Å². The lowest BCUT2D eigenvalue weighted by Crippen LogP contribution is -2.38. The lowest BCUT2D eigenvalue weighted by atomic mass is 9.99. The van der Waals surface area contributed by atoms with Crippen LogP contribution in [0.2, 0.25) is 0 Å². The van der Waals surface area contributed by atoms with Crippen molar-refractivity contribution in [2.45, 2.75) is 32.2 Å². The molecule has 1 saturated heterocycles. The molecule has 2 heterocycles. The van der Waals surface area contributed by atoms with Gasteiger partial charge in [-0.3, -0.25) is 4.79 Å². The molecule has 110 valence electrons. The van der Waals surface area contributed by atoms with Crippen molar-refractivity contribution < 1.29 is 4.79 Å². The molecule has 1 aromatic carbocycles. The summed E-state index contributed by atoms with van der Waals surface area (Å²) in [6.07, 6.45) is 4.99. The quantitative estimate of drug-likeness (QED) is 0.865. The van der Waals surface area contributed by atoms with Crippen LogP contribution in [0.15, 0.2) is 29.8 Å². The Morgan fingerprint density at radius 2 is 2.29 bits per heavy atom. The van der Waals surface area contributed by atoms with Crippen LogP contribution in [-0.2, 0) is 0 Å². The van der Waals surface area contributed by atoms with E-state index in [9.17, 15) is 4.79 Å². The van der Waals surface area contributed by atoms with E-state index in [0.29, 0.717) is 11.3 Å². The predicted octanol–water partition coefficient (Wildman–Crippen LogP) is 3.40. The number of anilines is 1. The molecule has 0 spiro atoms. The number of thiazole rings is 1. The summed E-state index contributed by atoms with van der Waals surface area (Å²) in [5, 5.41) is 3.00. The number of nitrogens with two attached hydrogens (primary N) is 1. The first kappa shape index (κ1) is 14.1. The van der Waals surface area contributed by atoms with Gasteiger partial charge in [0.05, 0.1) is 6.04 Å². The maximum absolute atomic E-state index is 12.9. The first-order valence-electron chi connectivity index (χ1n) is 7.23. The number of hydrogen-bond donors (Lipinski definition) is 1. The minimum absolute atomic E-state index is 0.0692. The molecule has 1 amide bonds. The highest BCUT2D eigenvalue weighted by Crippen LogP contribution is 2.33. The standard InChI is InChI=1S/C16H19N3OS/c1-11-5-6-12(17)10-13(11)16(20)19-8-3-2-4-14(19)15-18-7-9-21-15/h5-7,9-10,14H,2-4,8,17H2,1H3. The monoisotopic (exact) mass is 301 g/mol. The minimum Gasteiger partial charge on any atom is -0.399 e. The van der Waals surface area contributed by atoms with E-state index in [4.69, 9.17) is 5.73 Å². The number of amides is 1. The number of nitrogens with zero attached hydrogens (tertiary/aromatic N) is 2. The van der Waals surface area contributed by atoms with Gasteiger partial charge in [-0.25, -0.2) is 4.98 Å². The second-order valence-electron chi connectivity index (χ2n) is 5.45. The average molecular weight is 301 g/mol. The van der Waals surface area contributed by atoms with Gasteiger partial charge in [-0.2, -0.15) is 0 Å². The Bertz CT molecular complexity index is 639. The fourth-order valence-corrected chi connectivity index (χ4v) is 3.64. The van der Waals surface area contributed by atoms with Gasteiger partial charge in [-0.1, -0.05) is 6.07 Å². The smallest absolute Gasteiger partial charge is 0.254 e. The second kappa shape index (κ2) is 5.85. The van der Waals surface area contributed by atoms with Gasteiger partial charge in [-0.15, -0.1) is 11.3 Å². The molecule has 21 heavy (non-hydrogen) atoms. The Morgan fingerprint density at radius 3 is 3.05 bits per heavy atom.